The fourth-order valence-corrected chi connectivity index (χ4v) is 3.28. The van der Waals surface area contributed by atoms with Crippen LogP contribution >= 0.6 is 0 Å². The van der Waals surface area contributed by atoms with Crippen LogP contribution in [0.3, 0.4) is 0 Å². The van der Waals surface area contributed by atoms with E-state index in [1.165, 1.54) is 0 Å². The number of H-pyrrole nitrogens is 1. The maximum Gasteiger partial charge on any atom is 0.225 e. The van der Waals surface area contributed by atoms with E-state index in [4.69, 9.17) is 0 Å². The Balaban J connectivity index is 1.37. The van der Waals surface area contributed by atoms with Crippen LogP contribution in [0, 0.1) is 5.92 Å². The number of carbonyl (C=O) groups is 1. The van der Waals surface area contributed by atoms with Gasteiger partial charge in [-0.1, -0.05) is 0 Å². The van der Waals surface area contributed by atoms with Crippen LogP contribution in [0.4, 0.5) is 0 Å². The minimum Gasteiger partial charge on any atom is -0.346 e. The molecule has 1 N–H and O–H groups in total. The van der Waals surface area contributed by atoms with Crippen molar-refractivity contribution in [2.75, 3.05) is 13.1 Å². The molecule has 1 amide bonds. The van der Waals surface area contributed by atoms with E-state index in [0.29, 0.717) is 17.9 Å². The summed E-state index contributed by atoms with van der Waals surface area (Å²) in [6.45, 7) is 1.57. The first kappa shape index (κ1) is 12.9. The largest absolute Gasteiger partial charge is 0.346 e. The normalized spacial score (nSPS) is 18.3. The Labute approximate surface area is 133 Å². The van der Waals surface area contributed by atoms with E-state index in [0.717, 1.165) is 48.1 Å². The summed E-state index contributed by atoms with van der Waals surface area (Å²) < 4.78 is 1.99. The van der Waals surface area contributed by atoms with E-state index in [-0.39, 0.29) is 0 Å². The molecule has 2 aliphatic rings. The smallest absolute Gasteiger partial charge is 0.225 e. The number of likely N-dealkylation sites (tertiary alicyclic amines) is 1. The van der Waals surface area contributed by atoms with Crippen LogP contribution in [0.25, 0.3) is 22.2 Å². The molecule has 0 bridgehead atoms. The molecule has 1 saturated heterocycles. The van der Waals surface area contributed by atoms with Gasteiger partial charge in [-0.05, 0) is 30.5 Å². The highest BCUT2D eigenvalue weighted by Crippen LogP contribution is 2.35. The predicted molar refractivity (Wildman–Crippen MR) is 85.7 cm³/mol. The highest BCUT2D eigenvalue weighted by molar-refractivity contribution is 5.92. The number of carbonyl (C=O) groups excluding carboxylic acids is 1. The van der Waals surface area contributed by atoms with Crippen LogP contribution in [-0.2, 0) is 4.79 Å². The maximum absolute atomic E-state index is 12.0. The van der Waals surface area contributed by atoms with Gasteiger partial charge in [-0.25, -0.2) is 4.98 Å². The Morgan fingerprint density at radius 1 is 1.26 bits per heavy atom. The lowest BCUT2D eigenvalue weighted by atomic mass is 10.1. The van der Waals surface area contributed by atoms with Crippen LogP contribution in [0.15, 0.2) is 36.9 Å². The van der Waals surface area contributed by atoms with Crippen molar-refractivity contribution in [1.82, 2.24) is 24.6 Å². The van der Waals surface area contributed by atoms with Crippen molar-refractivity contribution >= 4 is 16.9 Å². The van der Waals surface area contributed by atoms with Gasteiger partial charge in [0.25, 0.3) is 0 Å². The minimum absolute atomic E-state index is 0.301. The van der Waals surface area contributed by atoms with Gasteiger partial charge >= 0.3 is 0 Å². The Morgan fingerprint density at radius 3 is 2.96 bits per heavy atom. The number of pyridine rings is 1. The van der Waals surface area contributed by atoms with Crippen molar-refractivity contribution in [1.29, 1.82) is 0 Å². The van der Waals surface area contributed by atoms with E-state index >= 15 is 0 Å². The van der Waals surface area contributed by atoms with Crippen molar-refractivity contribution < 1.29 is 4.79 Å². The molecule has 3 aromatic heterocycles. The van der Waals surface area contributed by atoms with Gasteiger partial charge in [0, 0.05) is 48.5 Å². The second-order valence-corrected chi connectivity index (χ2v) is 6.48. The van der Waals surface area contributed by atoms with Gasteiger partial charge in [0.1, 0.15) is 5.65 Å². The lowest BCUT2D eigenvalue weighted by molar-refractivity contribution is -0.138. The van der Waals surface area contributed by atoms with Gasteiger partial charge < -0.3 is 9.88 Å². The van der Waals surface area contributed by atoms with Crippen molar-refractivity contribution in [3.8, 4) is 11.1 Å². The summed E-state index contributed by atoms with van der Waals surface area (Å²) in [7, 11) is 0. The summed E-state index contributed by atoms with van der Waals surface area (Å²) in [5, 5.41) is 5.61. The number of aromatic amines is 1. The first-order valence-electron chi connectivity index (χ1n) is 8.05. The standard InChI is InChI=1S/C17H17N5O/c23-17(11-1-2-11)21-9-13(10-21)22-8-12(7-20-22)14-3-5-18-16-15(14)4-6-19-16/h3-8,11,13H,1-2,9-10H2,(H,18,19). The van der Waals surface area contributed by atoms with Gasteiger partial charge in [0.05, 0.1) is 12.2 Å². The Kier molecular flexibility index (Phi) is 2.62. The number of hydrogen-bond acceptors (Lipinski definition) is 3. The summed E-state index contributed by atoms with van der Waals surface area (Å²) in [5.41, 5.74) is 3.11. The summed E-state index contributed by atoms with van der Waals surface area (Å²) in [6, 6.07) is 4.35. The number of aromatic nitrogens is 4. The number of nitrogens with one attached hydrogen (secondary N) is 1. The van der Waals surface area contributed by atoms with Crippen LogP contribution in [0.5, 0.6) is 0 Å². The van der Waals surface area contributed by atoms with Crippen LogP contribution in [-0.4, -0.2) is 43.6 Å². The van der Waals surface area contributed by atoms with Crippen LogP contribution in [0.2, 0.25) is 0 Å². The molecule has 6 nitrogen and oxygen atoms in total. The summed E-state index contributed by atoms with van der Waals surface area (Å²) >= 11 is 0. The molecule has 0 spiro atoms. The fourth-order valence-electron chi connectivity index (χ4n) is 3.28. The molecule has 4 heterocycles. The van der Waals surface area contributed by atoms with Gasteiger partial charge in [0.2, 0.25) is 5.91 Å². The monoisotopic (exact) mass is 307 g/mol. The molecule has 116 valence electrons. The number of amides is 1. The topological polar surface area (TPSA) is 66.8 Å². The SMILES string of the molecule is O=C(C1CC1)N1CC(n2cc(-c3ccnc4[nH]ccc34)cn2)C1. The van der Waals surface area contributed by atoms with Gasteiger partial charge in [0.15, 0.2) is 0 Å². The zero-order chi connectivity index (χ0) is 15.4. The Hall–Kier alpha value is -2.63. The number of fused-ring (bicyclic) bond motifs is 1. The molecule has 1 saturated carbocycles. The van der Waals surface area contributed by atoms with Gasteiger partial charge in [-0.15, -0.1) is 0 Å². The molecule has 2 fully saturated rings. The molecule has 0 atom stereocenters. The van der Waals surface area contributed by atoms with E-state index in [2.05, 4.69) is 21.3 Å². The molecular formula is C17H17N5O. The third-order valence-electron chi connectivity index (χ3n) is 4.85. The summed E-state index contributed by atoms with van der Waals surface area (Å²) in [6.07, 6.45) is 9.82. The molecule has 0 radical (unpaired) electrons. The summed E-state index contributed by atoms with van der Waals surface area (Å²) in [5.74, 6) is 0.639. The average molecular weight is 307 g/mol. The third kappa shape index (κ3) is 2.05. The van der Waals surface area contributed by atoms with Crippen molar-refractivity contribution in [3.63, 3.8) is 0 Å². The second kappa shape index (κ2) is 4.68. The third-order valence-corrected chi connectivity index (χ3v) is 4.85. The predicted octanol–water partition coefficient (Wildman–Crippen LogP) is 2.22. The number of rotatable bonds is 3. The highest BCUT2D eigenvalue weighted by atomic mass is 16.2. The lowest BCUT2D eigenvalue weighted by Gasteiger charge is -2.39. The maximum atomic E-state index is 12.0. The van der Waals surface area contributed by atoms with Crippen molar-refractivity contribution in [2.45, 2.75) is 18.9 Å². The summed E-state index contributed by atoms with van der Waals surface area (Å²) in [4.78, 5) is 21.4. The second-order valence-electron chi connectivity index (χ2n) is 6.48. The van der Waals surface area contributed by atoms with Crippen molar-refractivity contribution in [2.24, 2.45) is 5.92 Å². The van der Waals surface area contributed by atoms with Gasteiger partial charge in [-0.2, -0.15) is 5.10 Å². The zero-order valence-corrected chi connectivity index (χ0v) is 12.6. The molecule has 1 aliphatic heterocycles. The van der Waals surface area contributed by atoms with E-state index < -0.39 is 0 Å². The van der Waals surface area contributed by atoms with Crippen LogP contribution in [0.1, 0.15) is 18.9 Å². The molecular weight excluding hydrogens is 290 g/mol. The average Bonchev–Trinajstić information content (AvgIpc) is 3.06. The Morgan fingerprint density at radius 2 is 2.13 bits per heavy atom. The molecule has 1 aliphatic carbocycles. The van der Waals surface area contributed by atoms with Crippen molar-refractivity contribution in [3.05, 3.63) is 36.9 Å². The first-order valence-corrected chi connectivity index (χ1v) is 8.05. The van der Waals surface area contributed by atoms with E-state index in [1.54, 1.807) is 0 Å². The minimum atomic E-state index is 0.301. The number of hydrogen-bond donors (Lipinski definition) is 1. The molecule has 3 aromatic rings. The fraction of sp³-hybridized carbons (Fsp3) is 0.353. The van der Waals surface area contributed by atoms with Crippen LogP contribution < -0.4 is 0 Å². The van der Waals surface area contributed by atoms with E-state index in [9.17, 15) is 4.79 Å². The lowest BCUT2D eigenvalue weighted by Crippen LogP contribution is -2.51. The molecule has 23 heavy (non-hydrogen) atoms. The number of nitrogens with zero attached hydrogens (tertiary/aromatic N) is 4. The van der Waals surface area contributed by atoms with Gasteiger partial charge in [-0.3, -0.25) is 9.48 Å². The zero-order valence-electron chi connectivity index (χ0n) is 12.6. The molecule has 6 heteroatoms. The molecule has 5 rings (SSSR count). The molecule has 0 unspecified atom stereocenters. The van der Waals surface area contributed by atoms with E-state index in [1.807, 2.05) is 40.3 Å². The highest BCUT2D eigenvalue weighted by Gasteiger charge is 2.39. The quantitative estimate of drug-likeness (QED) is 0.807. The molecule has 0 aromatic carbocycles. The Bertz CT molecular complexity index is 885. The first-order chi connectivity index (χ1) is 11.3.